The number of H-pyrrole nitrogens is 2. The van der Waals surface area contributed by atoms with Gasteiger partial charge in [0.2, 0.25) is 12.6 Å². The molecular weight excluding hydrogens is 657 g/mol. The van der Waals surface area contributed by atoms with E-state index >= 15 is 0 Å². The molecule has 4 aromatic carbocycles. The summed E-state index contributed by atoms with van der Waals surface area (Å²) in [4.78, 5) is 18.4. The van der Waals surface area contributed by atoms with Gasteiger partial charge in [0.1, 0.15) is 11.4 Å². The van der Waals surface area contributed by atoms with Gasteiger partial charge in [0.05, 0.1) is 11.4 Å². The summed E-state index contributed by atoms with van der Waals surface area (Å²) in [5.74, 6) is 0. The zero-order valence-electron chi connectivity index (χ0n) is 29.3. The second-order valence-corrected chi connectivity index (χ2v) is 12.9. The number of methoxy groups -OCH3 is 2. The molecule has 2 atom stereocenters. The van der Waals surface area contributed by atoms with Crippen molar-refractivity contribution >= 4 is 34.2 Å². The van der Waals surface area contributed by atoms with Gasteiger partial charge in [-0.15, -0.1) is 0 Å². The van der Waals surface area contributed by atoms with Gasteiger partial charge in [0.25, 0.3) is 0 Å². The van der Waals surface area contributed by atoms with E-state index in [9.17, 15) is 0 Å². The minimum Gasteiger partial charge on any atom is -0.354 e. The topological polar surface area (TPSA) is 85.0 Å². The first kappa shape index (κ1) is 32.5. The minimum atomic E-state index is -0.823. The molecule has 7 aromatic rings. The van der Waals surface area contributed by atoms with Crippen molar-refractivity contribution in [3.05, 3.63) is 168 Å². The van der Waals surface area contributed by atoms with E-state index in [1.54, 1.807) is 14.2 Å². The third-order valence-corrected chi connectivity index (χ3v) is 9.73. The van der Waals surface area contributed by atoms with Crippen LogP contribution in [0.1, 0.15) is 35.4 Å². The lowest BCUT2D eigenvalue weighted by molar-refractivity contribution is -0.247. The van der Waals surface area contributed by atoms with E-state index in [1.807, 2.05) is 48.5 Å². The number of benzene rings is 4. The maximum atomic E-state index is 6.66. The van der Waals surface area contributed by atoms with Crippen molar-refractivity contribution in [1.82, 2.24) is 19.9 Å². The number of ether oxygens (including phenoxy) is 3. The maximum Gasteiger partial charge on any atom is 0.204 e. The number of nitrogens with one attached hydrogen (secondary N) is 2. The van der Waals surface area contributed by atoms with E-state index < -0.39 is 12.6 Å². The smallest absolute Gasteiger partial charge is 0.204 e. The Kier molecular flexibility index (Phi) is 8.57. The highest BCUT2D eigenvalue weighted by molar-refractivity contribution is 5.97. The van der Waals surface area contributed by atoms with Crippen LogP contribution in [-0.2, 0) is 14.2 Å². The van der Waals surface area contributed by atoms with E-state index in [4.69, 9.17) is 24.2 Å². The summed E-state index contributed by atoms with van der Waals surface area (Å²) in [6.07, 6.45) is 2.57. The number of rotatable bonds is 6. The molecule has 53 heavy (non-hydrogen) atoms. The molecule has 9 rings (SSSR count). The Bertz CT molecular complexity index is 2440. The van der Waals surface area contributed by atoms with Crippen molar-refractivity contribution in [2.24, 2.45) is 0 Å². The summed E-state index contributed by atoms with van der Waals surface area (Å²) in [6, 6.07) is 49.6. The molecule has 8 bridgehead atoms. The molecule has 0 saturated heterocycles. The largest absolute Gasteiger partial charge is 0.354 e. The van der Waals surface area contributed by atoms with Gasteiger partial charge in [-0.3, -0.25) is 0 Å². The van der Waals surface area contributed by atoms with Gasteiger partial charge >= 0.3 is 0 Å². The van der Waals surface area contributed by atoms with Crippen LogP contribution in [0.2, 0.25) is 0 Å². The monoisotopic (exact) mass is 692 g/mol. The van der Waals surface area contributed by atoms with Gasteiger partial charge in [0, 0.05) is 58.5 Å². The molecule has 0 radical (unpaired) electrons. The third kappa shape index (κ3) is 5.97. The Labute approximate surface area is 307 Å². The lowest BCUT2D eigenvalue weighted by Crippen LogP contribution is -2.22. The van der Waals surface area contributed by atoms with Crippen LogP contribution in [-0.4, -0.2) is 34.2 Å². The van der Waals surface area contributed by atoms with E-state index in [-0.39, 0.29) is 0 Å². The van der Waals surface area contributed by atoms with E-state index in [0.717, 1.165) is 78.0 Å². The second kappa shape index (κ2) is 14.0. The number of aromatic nitrogens is 4. The first-order chi connectivity index (χ1) is 26.2. The Morgan fingerprint density at radius 1 is 0.415 bits per heavy atom. The van der Waals surface area contributed by atoms with Crippen LogP contribution in [0.25, 0.3) is 78.7 Å². The summed E-state index contributed by atoms with van der Waals surface area (Å²) >= 11 is 0. The van der Waals surface area contributed by atoms with Gasteiger partial charge < -0.3 is 24.2 Å². The van der Waals surface area contributed by atoms with Crippen molar-refractivity contribution in [3.8, 4) is 44.5 Å². The van der Waals surface area contributed by atoms with Gasteiger partial charge in [-0.25, -0.2) is 9.97 Å². The molecule has 2 aliphatic rings. The summed E-state index contributed by atoms with van der Waals surface area (Å²) in [5.41, 5.74) is 14.2. The van der Waals surface area contributed by atoms with Crippen molar-refractivity contribution in [3.63, 3.8) is 0 Å². The van der Waals surface area contributed by atoms with Gasteiger partial charge in [-0.05, 0) is 58.7 Å². The minimum absolute atomic E-state index is 0.620. The number of hydrogen-bond acceptors (Lipinski definition) is 5. The molecule has 0 aliphatic carbocycles. The first-order valence-electron chi connectivity index (χ1n) is 17.6. The molecule has 2 aliphatic heterocycles. The predicted molar refractivity (Wildman–Crippen MR) is 212 cm³/mol. The summed E-state index contributed by atoms with van der Waals surface area (Å²) in [7, 11) is 3.26. The number of aromatic amines is 2. The molecule has 7 heteroatoms. The Morgan fingerprint density at radius 3 is 1.08 bits per heavy atom. The molecule has 0 amide bonds. The second-order valence-electron chi connectivity index (χ2n) is 12.9. The summed E-state index contributed by atoms with van der Waals surface area (Å²) in [6.45, 7) is 0. The zero-order chi connectivity index (χ0) is 35.7. The van der Waals surface area contributed by atoms with Crippen LogP contribution in [0, 0.1) is 0 Å². The lowest BCUT2D eigenvalue weighted by atomic mass is 10.0. The molecular formula is C46H36N4O3. The third-order valence-electron chi connectivity index (χ3n) is 9.73. The molecule has 0 fully saturated rings. The molecule has 5 heterocycles. The normalized spacial score (nSPS) is 15.4. The molecule has 0 spiro atoms. The fraction of sp³-hybridized carbons (Fsp3) is 0.0870. The predicted octanol–water partition coefficient (Wildman–Crippen LogP) is 11.2. The van der Waals surface area contributed by atoms with E-state index in [1.165, 1.54) is 0 Å². The SMILES string of the molecule is CO[C@H]1O[C@H](OC)c2nc1c(-c1ccccc1)c1ccc([nH]1)c(-c1ccccc1)c1nc(c(-c3ccccc3)c3ccc([nH]3)c2-c2ccccc2)C=C1. The highest BCUT2D eigenvalue weighted by atomic mass is 16.8. The van der Waals surface area contributed by atoms with Gasteiger partial charge in [0.15, 0.2) is 0 Å². The molecule has 2 N–H and O–H groups in total. The molecule has 7 nitrogen and oxygen atoms in total. The first-order valence-corrected chi connectivity index (χ1v) is 17.6. The van der Waals surface area contributed by atoms with Crippen molar-refractivity contribution in [2.45, 2.75) is 12.6 Å². The average molecular weight is 693 g/mol. The average Bonchev–Trinajstić information content (AvgIpc) is 4.00. The van der Waals surface area contributed by atoms with Crippen molar-refractivity contribution in [1.29, 1.82) is 0 Å². The van der Waals surface area contributed by atoms with Crippen LogP contribution in [0.15, 0.2) is 146 Å². The Morgan fingerprint density at radius 2 is 0.736 bits per heavy atom. The van der Waals surface area contributed by atoms with Crippen LogP contribution in [0.3, 0.4) is 0 Å². The van der Waals surface area contributed by atoms with Gasteiger partial charge in [-0.1, -0.05) is 121 Å². The van der Waals surface area contributed by atoms with Crippen LogP contribution in [0.5, 0.6) is 0 Å². The number of hydrogen-bond donors (Lipinski definition) is 2. The summed E-state index contributed by atoms with van der Waals surface area (Å²) < 4.78 is 18.7. The number of nitrogens with zero attached hydrogens (tertiary/aromatic N) is 2. The zero-order valence-corrected chi connectivity index (χ0v) is 29.3. The fourth-order valence-corrected chi connectivity index (χ4v) is 7.36. The lowest BCUT2D eigenvalue weighted by Gasteiger charge is -2.29. The van der Waals surface area contributed by atoms with E-state index in [0.29, 0.717) is 11.4 Å². The van der Waals surface area contributed by atoms with Crippen molar-refractivity contribution in [2.75, 3.05) is 14.2 Å². The highest BCUT2D eigenvalue weighted by Crippen LogP contribution is 2.42. The fourth-order valence-electron chi connectivity index (χ4n) is 7.36. The Hall–Kier alpha value is -6.38. The summed E-state index contributed by atoms with van der Waals surface area (Å²) in [5, 5.41) is 0. The molecule has 0 saturated carbocycles. The van der Waals surface area contributed by atoms with Crippen LogP contribution >= 0.6 is 0 Å². The van der Waals surface area contributed by atoms with Crippen LogP contribution < -0.4 is 0 Å². The van der Waals surface area contributed by atoms with Crippen molar-refractivity contribution < 1.29 is 14.2 Å². The highest BCUT2D eigenvalue weighted by Gasteiger charge is 2.32. The molecule has 0 unspecified atom stereocenters. The standard InChI is InChI=1S/C46H36N4O3/c1-51-45-43-41(31-19-11-5-12-20-31)37-27-25-35(48-37)39(29-15-7-3-8-16-29)33-23-24-34(47-33)40(30-17-9-4-10-18-30)36-26-28-38(49-36)42(32-21-13-6-14-22-32)44(50-43)46(52-2)53-45/h3-28,45-46,48-49H,1-2H3/t45-,46-/m0/s1. The molecule has 258 valence electrons. The van der Waals surface area contributed by atoms with Crippen LogP contribution in [0.4, 0.5) is 0 Å². The Balaban J connectivity index is 1.53. The van der Waals surface area contributed by atoms with Gasteiger partial charge in [-0.2, -0.15) is 0 Å². The maximum absolute atomic E-state index is 6.66. The molecule has 3 aromatic heterocycles. The van der Waals surface area contributed by atoms with E-state index in [2.05, 4.69) is 119 Å². The quantitative estimate of drug-likeness (QED) is 0.181. The number of fused-ring (bicyclic) bond motifs is 8.